The van der Waals surface area contributed by atoms with Crippen molar-refractivity contribution in [2.24, 2.45) is 0 Å². The van der Waals surface area contributed by atoms with Gasteiger partial charge in [0.1, 0.15) is 0 Å². The Balaban J connectivity index is 1.24. The van der Waals surface area contributed by atoms with Gasteiger partial charge in [-0.25, -0.2) is 4.98 Å². The zero-order chi connectivity index (χ0) is 19.1. The zero-order valence-corrected chi connectivity index (χ0v) is 16.2. The average Bonchev–Trinajstić information content (AvgIpc) is 3.32. The van der Waals surface area contributed by atoms with Crippen LogP contribution in [0.5, 0.6) is 0 Å². The van der Waals surface area contributed by atoms with Crippen LogP contribution in [0.1, 0.15) is 48.0 Å². The second-order valence-electron chi connectivity index (χ2n) is 7.98. The third kappa shape index (κ3) is 3.22. The lowest BCUT2D eigenvalue weighted by molar-refractivity contribution is 0.200. The summed E-state index contributed by atoms with van der Waals surface area (Å²) in [6, 6.07) is 3.75. The first kappa shape index (κ1) is 17.5. The molecule has 0 spiro atoms. The largest absolute Gasteiger partial charge is 0.302 e. The Morgan fingerprint density at radius 3 is 2.79 bits per heavy atom. The van der Waals surface area contributed by atoms with Crippen molar-refractivity contribution in [3.05, 3.63) is 51.6 Å². The molecule has 8 nitrogen and oxygen atoms in total. The number of hydrogen-bond donors (Lipinski definition) is 0. The summed E-state index contributed by atoms with van der Waals surface area (Å²) in [6.07, 6.45) is 7.10. The van der Waals surface area contributed by atoms with Gasteiger partial charge in [0.2, 0.25) is 0 Å². The van der Waals surface area contributed by atoms with Gasteiger partial charge in [0.05, 0.1) is 12.0 Å². The molecular weight excluding hydrogens is 354 g/mol. The standard InChI is InChI=1S/C20H25N7O/c1-14-11-19(28)26(13-21-14)10-9-25-7-5-15(6-8-25)20-23-22-18-12-16-3-2-4-17(16)24-27(18)20/h11-13,15H,2-10H2,1H3. The molecule has 0 aromatic carbocycles. The van der Waals surface area contributed by atoms with Gasteiger partial charge in [-0.15, -0.1) is 10.2 Å². The highest BCUT2D eigenvalue weighted by Crippen LogP contribution is 2.28. The van der Waals surface area contributed by atoms with Crippen LogP contribution in [0.4, 0.5) is 0 Å². The van der Waals surface area contributed by atoms with E-state index in [4.69, 9.17) is 5.10 Å². The third-order valence-corrected chi connectivity index (χ3v) is 6.07. The summed E-state index contributed by atoms with van der Waals surface area (Å²) in [7, 11) is 0. The van der Waals surface area contributed by atoms with Crippen molar-refractivity contribution in [3.8, 4) is 0 Å². The van der Waals surface area contributed by atoms with E-state index in [0.717, 1.165) is 62.5 Å². The predicted octanol–water partition coefficient (Wildman–Crippen LogP) is 1.36. The molecule has 5 rings (SSSR count). The SMILES string of the molecule is Cc1cc(=O)n(CCN2CCC(c3nnc4cc5c(nn34)CCC5)CC2)cn1. The van der Waals surface area contributed by atoms with Gasteiger partial charge in [0.15, 0.2) is 11.5 Å². The van der Waals surface area contributed by atoms with E-state index in [1.165, 1.54) is 17.7 Å². The van der Waals surface area contributed by atoms with Crippen LogP contribution in [0, 0.1) is 6.92 Å². The fourth-order valence-electron chi connectivity index (χ4n) is 4.40. The Morgan fingerprint density at radius 1 is 1.11 bits per heavy atom. The minimum atomic E-state index is 0.0240. The number of aryl methyl sites for hydroxylation is 3. The lowest BCUT2D eigenvalue weighted by Gasteiger charge is -2.31. The minimum Gasteiger partial charge on any atom is -0.302 e. The van der Waals surface area contributed by atoms with Crippen LogP contribution in [-0.2, 0) is 19.4 Å². The molecule has 1 aliphatic heterocycles. The first-order chi connectivity index (χ1) is 13.7. The average molecular weight is 379 g/mol. The molecule has 3 aromatic rings. The van der Waals surface area contributed by atoms with Crippen molar-refractivity contribution < 1.29 is 0 Å². The van der Waals surface area contributed by atoms with Crippen LogP contribution in [0.3, 0.4) is 0 Å². The molecule has 0 unspecified atom stereocenters. The van der Waals surface area contributed by atoms with Crippen LogP contribution in [0.25, 0.3) is 5.65 Å². The van der Waals surface area contributed by atoms with E-state index in [0.29, 0.717) is 12.5 Å². The normalized spacial score (nSPS) is 18.0. The van der Waals surface area contributed by atoms with Crippen molar-refractivity contribution in [1.82, 2.24) is 34.3 Å². The second-order valence-corrected chi connectivity index (χ2v) is 7.98. The van der Waals surface area contributed by atoms with E-state index < -0.39 is 0 Å². The summed E-state index contributed by atoms with van der Waals surface area (Å²) in [5.41, 5.74) is 4.22. The molecule has 2 aliphatic rings. The van der Waals surface area contributed by atoms with Crippen molar-refractivity contribution in [3.63, 3.8) is 0 Å². The molecule has 0 bridgehead atoms. The summed E-state index contributed by atoms with van der Waals surface area (Å²) in [6.45, 7) is 5.38. The van der Waals surface area contributed by atoms with E-state index >= 15 is 0 Å². The first-order valence-electron chi connectivity index (χ1n) is 10.2. The Morgan fingerprint density at radius 2 is 1.96 bits per heavy atom. The molecule has 3 aromatic heterocycles. The fourth-order valence-corrected chi connectivity index (χ4v) is 4.40. The number of hydrogen-bond acceptors (Lipinski definition) is 6. The summed E-state index contributed by atoms with van der Waals surface area (Å²) >= 11 is 0. The monoisotopic (exact) mass is 379 g/mol. The van der Waals surface area contributed by atoms with Crippen molar-refractivity contribution in [1.29, 1.82) is 0 Å². The molecule has 0 radical (unpaired) electrons. The summed E-state index contributed by atoms with van der Waals surface area (Å²) in [5.74, 6) is 1.39. The Hall–Kier alpha value is -2.61. The number of likely N-dealkylation sites (tertiary alicyclic amines) is 1. The quantitative estimate of drug-likeness (QED) is 0.681. The maximum Gasteiger partial charge on any atom is 0.253 e. The first-order valence-corrected chi connectivity index (χ1v) is 10.2. The van der Waals surface area contributed by atoms with E-state index in [-0.39, 0.29) is 5.56 Å². The molecule has 0 atom stereocenters. The highest BCUT2D eigenvalue weighted by Gasteiger charge is 2.26. The van der Waals surface area contributed by atoms with E-state index in [1.807, 2.05) is 11.4 Å². The van der Waals surface area contributed by atoms with Gasteiger partial charge in [0.25, 0.3) is 5.56 Å². The maximum absolute atomic E-state index is 12.0. The molecule has 0 amide bonds. The summed E-state index contributed by atoms with van der Waals surface area (Å²) in [4.78, 5) is 18.6. The fraction of sp³-hybridized carbons (Fsp3) is 0.550. The van der Waals surface area contributed by atoms with Crippen molar-refractivity contribution >= 4 is 5.65 Å². The number of rotatable bonds is 4. The number of fused-ring (bicyclic) bond motifs is 2. The Kier molecular flexibility index (Phi) is 4.43. The van der Waals surface area contributed by atoms with E-state index in [1.54, 1.807) is 17.0 Å². The molecule has 8 heteroatoms. The number of nitrogens with zero attached hydrogens (tertiary/aromatic N) is 7. The smallest absolute Gasteiger partial charge is 0.253 e. The van der Waals surface area contributed by atoms with Crippen molar-refractivity contribution in [2.45, 2.75) is 51.5 Å². The molecule has 0 saturated carbocycles. The lowest BCUT2D eigenvalue weighted by atomic mass is 9.96. The van der Waals surface area contributed by atoms with Gasteiger partial charge in [-0.3, -0.25) is 9.36 Å². The van der Waals surface area contributed by atoms with Crippen molar-refractivity contribution in [2.75, 3.05) is 19.6 Å². The van der Waals surface area contributed by atoms with Crippen LogP contribution < -0.4 is 5.56 Å². The highest BCUT2D eigenvalue weighted by atomic mass is 16.1. The molecule has 28 heavy (non-hydrogen) atoms. The molecule has 4 heterocycles. The Bertz CT molecular complexity index is 1060. The van der Waals surface area contributed by atoms with Gasteiger partial charge in [0, 0.05) is 30.8 Å². The van der Waals surface area contributed by atoms with Gasteiger partial charge in [-0.1, -0.05) is 0 Å². The van der Waals surface area contributed by atoms with Gasteiger partial charge >= 0.3 is 0 Å². The molecule has 146 valence electrons. The van der Waals surface area contributed by atoms with Gasteiger partial charge in [-0.2, -0.15) is 9.61 Å². The zero-order valence-electron chi connectivity index (χ0n) is 16.2. The summed E-state index contributed by atoms with van der Waals surface area (Å²) in [5, 5.41) is 13.7. The third-order valence-electron chi connectivity index (χ3n) is 6.07. The van der Waals surface area contributed by atoms with Crippen LogP contribution >= 0.6 is 0 Å². The molecular formula is C20H25N7O. The van der Waals surface area contributed by atoms with Crippen LogP contribution in [-0.4, -0.2) is 53.9 Å². The molecule has 1 saturated heterocycles. The molecule has 0 N–H and O–H groups in total. The molecule has 1 aliphatic carbocycles. The van der Waals surface area contributed by atoms with Crippen LogP contribution in [0.2, 0.25) is 0 Å². The number of piperidine rings is 1. The van der Waals surface area contributed by atoms with Crippen LogP contribution in [0.15, 0.2) is 23.3 Å². The van der Waals surface area contributed by atoms with E-state index in [2.05, 4.69) is 26.1 Å². The molecule has 1 fully saturated rings. The second kappa shape index (κ2) is 7.09. The predicted molar refractivity (Wildman–Crippen MR) is 104 cm³/mol. The maximum atomic E-state index is 12.0. The number of aromatic nitrogens is 6. The minimum absolute atomic E-state index is 0.0240. The van der Waals surface area contributed by atoms with E-state index in [9.17, 15) is 4.79 Å². The topological polar surface area (TPSA) is 81.2 Å². The van der Waals surface area contributed by atoms with Gasteiger partial charge in [-0.05, 0) is 63.7 Å². The lowest BCUT2D eigenvalue weighted by Crippen LogP contribution is -2.37. The Labute approximate surface area is 163 Å². The summed E-state index contributed by atoms with van der Waals surface area (Å²) < 4.78 is 3.66. The highest BCUT2D eigenvalue weighted by molar-refractivity contribution is 5.43. The van der Waals surface area contributed by atoms with Gasteiger partial charge < -0.3 is 4.90 Å².